The maximum atomic E-state index is 12.4. The van der Waals surface area contributed by atoms with Gasteiger partial charge in [0.25, 0.3) is 5.91 Å². The van der Waals surface area contributed by atoms with E-state index in [0.717, 1.165) is 42.5 Å². The SMILES string of the molecule is O=C(COC(=O)/C=C/c1nc2ccccc2o1)NC12CC3CC(CC(C3)C1)C2. The van der Waals surface area contributed by atoms with E-state index in [4.69, 9.17) is 9.15 Å². The van der Waals surface area contributed by atoms with Gasteiger partial charge in [-0.1, -0.05) is 12.1 Å². The summed E-state index contributed by atoms with van der Waals surface area (Å²) in [4.78, 5) is 28.6. The van der Waals surface area contributed by atoms with Gasteiger partial charge in [0.2, 0.25) is 5.89 Å². The summed E-state index contributed by atoms with van der Waals surface area (Å²) in [5.41, 5.74) is 1.32. The van der Waals surface area contributed by atoms with Gasteiger partial charge in [-0.25, -0.2) is 9.78 Å². The Morgan fingerprint density at radius 2 is 1.82 bits per heavy atom. The number of nitrogens with zero attached hydrogens (tertiary/aromatic N) is 1. The quantitative estimate of drug-likeness (QED) is 0.634. The third-order valence-corrected chi connectivity index (χ3v) is 6.46. The molecule has 0 aliphatic heterocycles. The van der Waals surface area contributed by atoms with Gasteiger partial charge in [-0.3, -0.25) is 4.79 Å². The number of fused-ring (bicyclic) bond motifs is 1. The van der Waals surface area contributed by atoms with Crippen molar-refractivity contribution in [3.63, 3.8) is 0 Å². The van der Waals surface area contributed by atoms with E-state index < -0.39 is 5.97 Å². The molecule has 4 fully saturated rings. The third kappa shape index (κ3) is 3.43. The summed E-state index contributed by atoms with van der Waals surface area (Å²) in [6, 6.07) is 7.38. The normalized spacial score (nSPS) is 30.8. The maximum Gasteiger partial charge on any atom is 0.331 e. The average Bonchev–Trinajstić information content (AvgIpc) is 3.06. The van der Waals surface area contributed by atoms with E-state index in [0.29, 0.717) is 11.5 Å². The predicted octanol–water partition coefficient (Wildman–Crippen LogP) is 3.47. The molecular formula is C22H24N2O4. The van der Waals surface area contributed by atoms with Gasteiger partial charge < -0.3 is 14.5 Å². The van der Waals surface area contributed by atoms with Crippen molar-refractivity contribution in [1.29, 1.82) is 0 Å². The first-order chi connectivity index (χ1) is 13.6. The van der Waals surface area contributed by atoms with Gasteiger partial charge in [-0.05, 0) is 68.4 Å². The number of para-hydroxylation sites is 2. The van der Waals surface area contributed by atoms with Crippen LogP contribution in [-0.2, 0) is 14.3 Å². The molecule has 1 N–H and O–H groups in total. The number of ether oxygens (including phenoxy) is 1. The minimum Gasteiger partial charge on any atom is -0.452 e. The number of benzene rings is 1. The van der Waals surface area contributed by atoms with Crippen LogP contribution in [0.3, 0.4) is 0 Å². The molecule has 0 atom stereocenters. The molecule has 1 aromatic heterocycles. The van der Waals surface area contributed by atoms with Crippen LogP contribution in [0.15, 0.2) is 34.8 Å². The number of amides is 1. The van der Waals surface area contributed by atoms with Crippen LogP contribution in [-0.4, -0.2) is 29.0 Å². The van der Waals surface area contributed by atoms with Crippen molar-refractivity contribution in [1.82, 2.24) is 10.3 Å². The molecule has 6 heteroatoms. The maximum absolute atomic E-state index is 12.4. The first-order valence-electron chi connectivity index (χ1n) is 10.1. The second-order valence-electron chi connectivity index (χ2n) is 8.71. The van der Waals surface area contributed by atoms with E-state index in [-0.39, 0.29) is 18.1 Å². The van der Waals surface area contributed by atoms with Crippen molar-refractivity contribution in [2.24, 2.45) is 17.8 Å². The second kappa shape index (κ2) is 6.76. The van der Waals surface area contributed by atoms with E-state index in [1.807, 2.05) is 24.3 Å². The van der Waals surface area contributed by atoms with Crippen LogP contribution in [0.2, 0.25) is 0 Å². The van der Waals surface area contributed by atoms with Gasteiger partial charge in [-0.15, -0.1) is 0 Å². The van der Waals surface area contributed by atoms with Crippen molar-refractivity contribution in [2.45, 2.75) is 44.1 Å². The zero-order chi connectivity index (χ0) is 19.1. The minimum atomic E-state index is -0.581. The fraction of sp³-hybridized carbons (Fsp3) is 0.500. The standard InChI is InChI=1S/C22H24N2O4/c25-19(24-22-10-14-7-15(11-22)9-16(8-14)12-22)13-27-21(26)6-5-20-23-17-3-1-2-4-18(17)28-20/h1-6,14-16H,7-13H2,(H,24,25)/b6-5+. The topological polar surface area (TPSA) is 81.4 Å². The number of esters is 1. The van der Waals surface area contributed by atoms with Crippen molar-refractivity contribution >= 4 is 29.1 Å². The fourth-order valence-corrected chi connectivity index (χ4v) is 5.88. The Labute approximate surface area is 163 Å². The summed E-state index contributed by atoms with van der Waals surface area (Å²) in [6.07, 6.45) is 9.91. The second-order valence-corrected chi connectivity index (χ2v) is 8.71. The Morgan fingerprint density at radius 1 is 1.14 bits per heavy atom. The van der Waals surface area contributed by atoms with Gasteiger partial charge in [0.05, 0.1) is 0 Å². The lowest BCUT2D eigenvalue weighted by molar-refractivity contribution is -0.145. The molecule has 146 valence electrons. The molecule has 0 radical (unpaired) electrons. The molecule has 28 heavy (non-hydrogen) atoms. The highest BCUT2D eigenvalue weighted by Crippen LogP contribution is 2.55. The molecule has 4 saturated carbocycles. The predicted molar refractivity (Wildman–Crippen MR) is 103 cm³/mol. The lowest BCUT2D eigenvalue weighted by atomic mass is 9.53. The number of carbonyl (C=O) groups is 2. The first-order valence-corrected chi connectivity index (χ1v) is 10.1. The van der Waals surface area contributed by atoms with Crippen molar-refractivity contribution in [2.75, 3.05) is 6.61 Å². The fourth-order valence-electron chi connectivity index (χ4n) is 5.88. The van der Waals surface area contributed by atoms with Crippen LogP contribution in [0.25, 0.3) is 17.2 Å². The molecule has 0 unspecified atom stereocenters. The van der Waals surface area contributed by atoms with Gasteiger partial charge in [0.15, 0.2) is 12.2 Å². The van der Waals surface area contributed by atoms with E-state index >= 15 is 0 Å². The molecule has 0 spiro atoms. The highest BCUT2D eigenvalue weighted by atomic mass is 16.5. The van der Waals surface area contributed by atoms with Crippen molar-refractivity contribution in [3.05, 3.63) is 36.2 Å². The Hall–Kier alpha value is -2.63. The number of aromatic nitrogens is 1. The highest BCUT2D eigenvalue weighted by Gasteiger charge is 2.51. The Bertz CT molecular complexity index is 877. The summed E-state index contributed by atoms with van der Waals surface area (Å²) in [5, 5.41) is 3.20. The summed E-state index contributed by atoms with van der Waals surface area (Å²) >= 11 is 0. The van der Waals surface area contributed by atoms with E-state index in [1.54, 1.807) is 0 Å². The molecule has 4 bridgehead atoms. The van der Waals surface area contributed by atoms with E-state index in [1.165, 1.54) is 31.4 Å². The van der Waals surface area contributed by atoms with Gasteiger partial charge in [-0.2, -0.15) is 0 Å². The lowest BCUT2D eigenvalue weighted by Crippen LogP contribution is -2.60. The molecule has 4 aliphatic carbocycles. The molecule has 2 aromatic rings. The van der Waals surface area contributed by atoms with Crippen LogP contribution in [0.5, 0.6) is 0 Å². The van der Waals surface area contributed by atoms with Crippen LogP contribution in [0, 0.1) is 17.8 Å². The van der Waals surface area contributed by atoms with Crippen LogP contribution >= 0.6 is 0 Å². The third-order valence-electron chi connectivity index (χ3n) is 6.46. The molecule has 1 amide bonds. The molecule has 0 saturated heterocycles. The molecule has 4 aliphatic rings. The summed E-state index contributed by atoms with van der Waals surface area (Å²) < 4.78 is 10.6. The minimum absolute atomic E-state index is 0.0632. The Balaban J connectivity index is 1.14. The summed E-state index contributed by atoms with van der Waals surface area (Å²) in [5.74, 6) is 1.82. The monoisotopic (exact) mass is 380 g/mol. The van der Waals surface area contributed by atoms with Crippen LogP contribution < -0.4 is 5.32 Å². The number of oxazole rings is 1. The Morgan fingerprint density at radius 3 is 2.50 bits per heavy atom. The molecule has 1 aromatic carbocycles. The molecular weight excluding hydrogens is 356 g/mol. The summed E-state index contributed by atoms with van der Waals surface area (Å²) in [7, 11) is 0. The van der Waals surface area contributed by atoms with Gasteiger partial charge in [0, 0.05) is 17.7 Å². The zero-order valence-electron chi connectivity index (χ0n) is 15.7. The Kier molecular flexibility index (Phi) is 4.22. The van der Waals surface area contributed by atoms with E-state index in [9.17, 15) is 9.59 Å². The lowest BCUT2D eigenvalue weighted by Gasteiger charge is -2.56. The van der Waals surface area contributed by atoms with E-state index in [2.05, 4.69) is 10.3 Å². The van der Waals surface area contributed by atoms with Gasteiger partial charge in [0.1, 0.15) is 5.52 Å². The number of rotatable bonds is 5. The molecule has 6 nitrogen and oxygen atoms in total. The van der Waals surface area contributed by atoms with Crippen LogP contribution in [0.1, 0.15) is 44.4 Å². The number of nitrogens with one attached hydrogen (secondary N) is 1. The first kappa shape index (κ1) is 17.5. The molecule has 6 rings (SSSR count). The number of hydrogen-bond acceptors (Lipinski definition) is 5. The smallest absolute Gasteiger partial charge is 0.331 e. The molecule has 1 heterocycles. The zero-order valence-corrected chi connectivity index (χ0v) is 15.7. The highest BCUT2D eigenvalue weighted by molar-refractivity contribution is 5.89. The number of hydrogen-bond donors (Lipinski definition) is 1. The van der Waals surface area contributed by atoms with Crippen LogP contribution in [0.4, 0.5) is 0 Å². The van der Waals surface area contributed by atoms with Crippen molar-refractivity contribution in [3.8, 4) is 0 Å². The van der Waals surface area contributed by atoms with Gasteiger partial charge >= 0.3 is 5.97 Å². The largest absolute Gasteiger partial charge is 0.452 e. The number of carbonyl (C=O) groups excluding carboxylic acids is 2. The van der Waals surface area contributed by atoms with Crippen molar-refractivity contribution < 1.29 is 18.7 Å². The average molecular weight is 380 g/mol. The summed E-state index contributed by atoms with van der Waals surface area (Å²) in [6.45, 7) is -0.252.